The van der Waals surface area contributed by atoms with Gasteiger partial charge in [0, 0.05) is 18.1 Å². The molecule has 2 aromatic heterocycles. The molecule has 2 N–H and O–H groups in total. The number of furan rings is 1. The Kier molecular flexibility index (Phi) is 3.93. The van der Waals surface area contributed by atoms with Crippen LogP contribution in [0, 0.1) is 13.8 Å². The van der Waals surface area contributed by atoms with E-state index in [1.165, 1.54) is 0 Å². The minimum absolute atomic E-state index is 0.0411. The smallest absolute Gasteiger partial charge is 0.255 e. The molecular formula is C18H21N3O3. The van der Waals surface area contributed by atoms with Gasteiger partial charge in [0.2, 0.25) is 0 Å². The fraction of sp³-hybridized carbons (Fsp3) is 0.333. The standard InChI is InChI=1S/C18H21N3O3/c1-11-16(12(2)21(4)20-11)17(22)19-10-18(3,23)15-9-13-7-5-6-8-14(13)24-15/h5-9,23H,10H2,1-4H3,(H,19,22)/t18-/m0/s1. The molecular weight excluding hydrogens is 306 g/mol. The quantitative estimate of drug-likeness (QED) is 0.771. The predicted molar refractivity (Wildman–Crippen MR) is 90.8 cm³/mol. The second kappa shape index (κ2) is 5.79. The number of para-hydroxylation sites is 1. The van der Waals surface area contributed by atoms with Crippen LogP contribution in [0.2, 0.25) is 0 Å². The van der Waals surface area contributed by atoms with Crippen molar-refractivity contribution in [3.8, 4) is 0 Å². The van der Waals surface area contributed by atoms with E-state index in [2.05, 4.69) is 10.4 Å². The second-order valence-electron chi connectivity index (χ2n) is 6.27. The number of carbonyl (C=O) groups is 1. The molecule has 0 unspecified atom stereocenters. The van der Waals surface area contributed by atoms with E-state index in [9.17, 15) is 9.90 Å². The lowest BCUT2D eigenvalue weighted by Crippen LogP contribution is -2.38. The molecule has 1 amide bonds. The molecule has 0 aliphatic carbocycles. The van der Waals surface area contributed by atoms with Gasteiger partial charge in [-0.15, -0.1) is 0 Å². The van der Waals surface area contributed by atoms with Crippen LogP contribution in [-0.2, 0) is 12.6 Å². The number of aryl methyl sites for hydroxylation is 2. The third kappa shape index (κ3) is 2.80. The van der Waals surface area contributed by atoms with Gasteiger partial charge in [-0.05, 0) is 32.9 Å². The van der Waals surface area contributed by atoms with E-state index in [0.29, 0.717) is 22.6 Å². The summed E-state index contributed by atoms with van der Waals surface area (Å²) in [4.78, 5) is 12.4. The minimum atomic E-state index is -1.31. The zero-order valence-corrected chi connectivity index (χ0v) is 14.3. The fourth-order valence-electron chi connectivity index (χ4n) is 2.78. The van der Waals surface area contributed by atoms with Gasteiger partial charge in [0.25, 0.3) is 5.91 Å². The molecule has 3 rings (SSSR count). The van der Waals surface area contributed by atoms with Crippen molar-refractivity contribution in [2.75, 3.05) is 6.54 Å². The molecule has 1 atom stereocenters. The topological polar surface area (TPSA) is 80.3 Å². The zero-order chi connectivity index (χ0) is 17.5. The van der Waals surface area contributed by atoms with Crippen LogP contribution in [0.15, 0.2) is 34.7 Å². The maximum Gasteiger partial charge on any atom is 0.255 e. The number of aromatic nitrogens is 2. The van der Waals surface area contributed by atoms with Crippen LogP contribution in [-0.4, -0.2) is 27.3 Å². The first-order valence-corrected chi connectivity index (χ1v) is 7.79. The number of nitrogens with zero attached hydrogens (tertiary/aromatic N) is 2. The van der Waals surface area contributed by atoms with E-state index in [0.717, 1.165) is 11.1 Å². The van der Waals surface area contributed by atoms with Crippen molar-refractivity contribution in [2.24, 2.45) is 7.05 Å². The molecule has 24 heavy (non-hydrogen) atoms. The minimum Gasteiger partial charge on any atom is -0.458 e. The van der Waals surface area contributed by atoms with Crippen molar-refractivity contribution < 1.29 is 14.3 Å². The number of amides is 1. The van der Waals surface area contributed by atoms with Crippen molar-refractivity contribution in [1.29, 1.82) is 0 Å². The van der Waals surface area contributed by atoms with Crippen molar-refractivity contribution in [3.63, 3.8) is 0 Å². The van der Waals surface area contributed by atoms with Gasteiger partial charge in [0.15, 0.2) is 0 Å². The van der Waals surface area contributed by atoms with E-state index in [4.69, 9.17) is 4.42 Å². The Morgan fingerprint density at radius 2 is 2.08 bits per heavy atom. The molecule has 1 aromatic carbocycles. The van der Waals surface area contributed by atoms with Crippen LogP contribution in [0.25, 0.3) is 11.0 Å². The van der Waals surface area contributed by atoms with Crippen LogP contribution in [0.5, 0.6) is 0 Å². The maximum atomic E-state index is 12.4. The molecule has 126 valence electrons. The summed E-state index contributed by atoms with van der Waals surface area (Å²) in [5.74, 6) is 0.165. The first kappa shape index (κ1) is 16.3. The lowest BCUT2D eigenvalue weighted by molar-refractivity contribution is 0.0344. The lowest BCUT2D eigenvalue weighted by atomic mass is 10.0. The Hall–Kier alpha value is -2.60. The first-order chi connectivity index (χ1) is 11.3. The molecule has 3 aromatic rings. The average Bonchev–Trinajstić information content (AvgIpc) is 3.07. The summed E-state index contributed by atoms with van der Waals surface area (Å²) >= 11 is 0. The summed E-state index contributed by atoms with van der Waals surface area (Å²) in [6, 6.07) is 9.34. The lowest BCUT2D eigenvalue weighted by Gasteiger charge is -2.21. The number of nitrogens with one attached hydrogen (secondary N) is 1. The Bertz CT molecular complexity index is 873. The number of hydrogen-bond acceptors (Lipinski definition) is 4. The third-order valence-corrected chi connectivity index (χ3v) is 4.29. The van der Waals surface area contributed by atoms with Gasteiger partial charge >= 0.3 is 0 Å². The van der Waals surface area contributed by atoms with Crippen molar-refractivity contribution in [2.45, 2.75) is 26.4 Å². The highest BCUT2D eigenvalue weighted by Gasteiger charge is 2.29. The summed E-state index contributed by atoms with van der Waals surface area (Å²) in [5.41, 5.74) is 1.39. The summed E-state index contributed by atoms with van der Waals surface area (Å²) in [5, 5.41) is 18.6. The van der Waals surface area contributed by atoms with Crippen LogP contribution in [0.1, 0.15) is 34.4 Å². The van der Waals surface area contributed by atoms with E-state index in [-0.39, 0.29) is 12.5 Å². The molecule has 0 aliphatic heterocycles. The Balaban J connectivity index is 1.78. The molecule has 0 bridgehead atoms. The highest BCUT2D eigenvalue weighted by molar-refractivity contribution is 5.96. The molecule has 0 fully saturated rings. The Labute approximate surface area is 140 Å². The van der Waals surface area contributed by atoms with Crippen molar-refractivity contribution in [3.05, 3.63) is 53.0 Å². The van der Waals surface area contributed by atoms with E-state index >= 15 is 0 Å². The number of fused-ring (bicyclic) bond motifs is 1. The van der Waals surface area contributed by atoms with E-state index in [1.807, 2.05) is 31.2 Å². The number of rotatable bonds is 4. The molecule has 6 heteroatoms. The maximum absolute atomic E-state index is 12.4. The number of carbonyl (C=O) groups excluding carboxylic acids is 1. The summed E-state index contributed by atoms with van der Waals surface area (Å²) in [6.45, 7) is 5.29. The predicted octanol–water partition coefficient (Wildman–Crippen LogP) is 2.42. The van der Waals surface area contributed by atoms with Crippen LogP contribution in [0.4, 0.5) is 0 Å². The molecule has 2 heterocycles. The number of aliphatic hydroxyl groups is 1. The monoisotopic (exact) mass is 327 g/mol. The van der Waals surface area contributed by atoms with Crippen LogP contribution >= 0.6 is 0 Å². The molecule has 0 aliphatic rings. The van der Waals surface area contributed by atoms with Crippen molar-refractivity contribution in [1.82, 2.24) is 15.1 Å². The first-order valence-electron chi connectivity index (χ1n) is 7.79. The normalized spacial score (nSPS) is 13.9. The molecule has 0 saturated heterocycles. The van der Waals surface area contributed by atoms with Gasteiger partial charge in [-0.1, -0.05) is 18.2 Å². The molecule has 6 nitrogen and oxygen atoms in total. The summed E-state index contributed by atoms with van der Waals surface area (Å²) in [6.07, 6.45) is 0. The highest BCUT2D eigenvalue weighted by atomic mass is 16.4. The highest BCUT2D eigenvalue weighted by Crippen LogP contribution is 2.27. The number of hydrogen-bond donors (Lipinski definition) is 2. The van der Waals surface area contributed by atoms with Crippen LogP contribution in [0.3, 0.4) is 0 Å². The molecule has 0 radical (unpaired) electrons. The molecule has 0 spiro atoms. The fourth-order valence-corrected chi connectivity index (χ4v) is 2.78. The summed E-state index contributed by atoms with van der Waals surface area (Å²) < 4.78 is 7.37. The summed E-state index contributed by atoms with van der Waals surface area (Å²) in [7, 11) is 1.80. The van der Waals surface area contributed by atoms with Gasteiger partial charge in [-0.3, -0.25) is 9.48 Å². The Morgan fingerprint density at radius 3 is 2.71 bits per heavy atom. The van der Waals surface area contributed by atoms with Crippen molar-refractivity contribution >= 4 is 16.9 Å². The zero-order valence-electron chi connectivity index (χ0n) is 14.3. The Morgan fingerprint density at radius 1 is 1.38 bits per heavy atom. The second-order valence-corrected chi connectivity index (χ2v) is 6.27. The molecule has 0 saturated carbocycles. The van der Waals surface area contributed by atoms with E-state index in [1.54, 1.807) is 31.6 Å². The van der Waals surface area contributed by atoms with Gasteiger partial charge < -0.3 is 14.8 Å². The van der Waals surface area contributed by atoms with Gasteiger partial charge in [0.1, 0.15) is 16.9 Å². The SMILES string of the molecule is Cc1nn(C)c(C)c1C(=O)NC[C@](C)(O)c1cc2ccccc2o1. The van der Waals surface area contributed by atoms with E-state index < -0.39 is 5.60 Å². The third-order valence-electron chi connectivity index (χ3n) is 4.29. The largest absolute Gasteiger partial charge is 0.458 e. The van der Waals surface area contributed by atoms with Gasteiger partial charge in [-0.2, -0.15) is 5.10 Å². The van der Waals surface area contributed by atoms with Gasteiger partial charge in [-0.25, -0.2) is 0 Å². The van der Waals surface area contributed by atoms with Crippen LogP contribution < -0.4 is 5.32 Å². The average molecular weight is 327 g/mol. The number of benzene rings is 1. The van der Waals surface area contributed by atoms with Gasteiger partial charge in [0.05, 0.1) is 17.8 Å².